The topological polar surface area (TPSA) is 122 Å². The number of aliphatic hydroxyl groups excluding tert-OH is 1. The molecule has 1 unspecified atom stereocenters. The number of benzene rings is 1. The van der Waals surface area contributed by atoms with Gasteiger partial charge in [-0.15, -0.1) is 10.2 Å². The van der Waals surface area contributed by atoms with E-state index in [2.05, 4.69) is 20.6 Å². The molecule has 3 rings (SSSR count). The molecule has 2 aromatic heterocycles. The number of furan rings is 1. The van der Waals surface area contributed by atoms with Crippen molar-refractivity contribution in [3.05, 3.63) is 59.9 Å². The third-order valence-corrected chi connectivity index (χ3v) is 4.82. The van der Waals surface area contributed by atoms with Crippen LogP contribution in [0.5, 0.6) is 0 Å². The molecule has 3 aromatic rings. The average molecular weight is 350 g/mol. The van der Waals surface area contributed by atoms with Crippen molar-refractivity contribution >= 4 is 15.9 Å². The zero-order chi connectivity index (χ0) is 17.2. The lowest BCUT2D eigenvalue weighted by atomic mass is 10.2. The Hall–Kier alpha value is -2.85. The SMILES string of the molecule is O=S(=O)(c1ccc(F)cc1)c1occc1C=CC(O)c1nn[nH]n1. The van der Waals surface area contributed by atoms with Crippen LogP contribution in [0.2, 0.25) is 0 Å². The van der Waals surface area contributed by atoms with Gasteiger partial charge in [-0.3, -0.25) is 0 Å². The Kier molecular flexibility index (Phi) is 4.23. The van der Waals surface area contributed by atoms with E-state index >= 15 is 0 Å². The highest BCUT2D eigenvalue weighted by atomic mass is 32.2. The molecule has 0 saturated carbocycles. The molecular weight excluding hydrogens is 339 g/mol. The number of aromatic nitrogens is 4. The minimum atomic E-state index is -3.96. The highest BCUT2D eigenvalue weighted by molar-refractivity contribution is 7.91. The lowest BCUT2D eigenvalue weighted by molar-refractivity contribution is 0.219. The summed E-state index contributed by atoms with van der Waals surface area (Å²) in [5.74, 6) is -0.505. The monoisotopic (exact) mass is 350 g/mol. The van der Waals surface area contributed by atoms with Gasteiger partial charge in [-0.1, -0.05) is 11.3 Å². The maximum absolute atomic E-state index is 13.0. The normalized spacial score (nSPS) is 13.4. The van der Waals surface area contributed by atoms with Crippen molar-refractivity contribution in [2.24, 2.45) is 0 Å². The molecule has 1 aromatic carbocycles. The van der Waals surface area contributed by atoms with Crippen LogP contribution in [0.1, 0.15) is 17.5 Å². The molecule has 2 heterocycles. The predicted octanol–water partition coefficient (Wildman–Crippen LogP) is 1.51. The number of sulfone groups is 1. The van der Waals surface area contributed by atoms with E-state index in [1.807, 2.05) is 0 Å². The number of H-pyrrole nitrogens is 1. The molecule has 0 saturated heterocycles. The van der Waals surface area contributed by atoms with Gasteiger partial charge < -0.3 is 9.52 Å². The van der Waals surface area contributed by atoms with Crippen molar-refractivity contribution in [2.45, 2.75) is 16.1 Å². The van der Waals surface area contributed by atoms with Crippen molar-refractivity contribution < 1.29 is 22.3 Å². The van der Waals surface area contributed by atoms with Gasteiger partial charge in [0.05, 0.1) is 11.2 Å². The largest absolute Gasteiger partial charge is 0.452 e. The van der Waals surface area contributed by atoms with E-state index in [0.717, 1.165) is 24.3 Å². The van der Waals surface area contributed by atoms with Gasteiger partial charge in [-0.25, -0.2) is 12.8 Å². The Balaban J connectivity index is 1.91. The first kappa shape index (κ1) is 16.0. The molecule has 0 fully saturated rings. The van der Waals surface area contributed by atoms with Gasteiger partial charge >= 0.3 is 0 Å². The third-order valence-electron chi connectivity index (χ3n) is 3.11. The number of aliphatic hydroxyl groups is 1. The average Bonchev–Trinajstić information content (AvgIpc) is 3.24. The molecule has 0 radical (unpaired) electrons. The first-order chi connectivity index (χ1) is 11.5. The second-order valence-electron chi connectivity index (χ2n) is 4.69. The predicted molar refractivity (Wildman–Crippen MR) is 78.7 cm³/mol. The van der Waals surface area contributed by atoms with Gasteiger partial charge in [-0.2, -0.15) is 5.21 Å². The van der Waals surface area contributed by atoms with Crippen molar-refractivity contribution in [1.82, 2.24) is 20.6 Å². The molecule has 10 heteroatoms. The lowest BCUT2D eigenvalue weighted by Gasteiger charge is -2.03. The first-order valence-corrected chi connectivity index (χ1v) is 8.14. The van der Waals surface area contributed by atoms with Crippen LogP contribution < -0.4 is 0 Å². The summed E-state index contributed by atoms with van der Waals surface area (Å²) in [5, 5.41) is 22.3. The quantitative estimate of drug-likeness (QED) is 0.669. The smallest absolute Gasteiger partial charge is 0.240 e. The second-order valence-corrected chi connectivity index (χ2v) is 6.54. The Bertz CT molecular complexity index is 949. The second kappa shape index (κ2) is 6.34. The molecule has 0 aliphatic rings. The van der Waals surface area contributed by atoms with E-state index in [0.29, 0.717) is 0 Å². The van der Waals surface area contributed by atoms with Gasteiger partial charge in [0.1, 0.15) is 11.9 Å². The summed E-state index contributed by atoms with van der Waals surface area (Å²) in [7, 11) is -3.96. The van der Waals surface area contributed by atoms with Crippen molar-refractivity contribution in [3.8, 4) is 0 Å². The number of nitrogens with one attached hydrogen (secondary N) is 1. The van der Waals surface area contributed by atoms with Crippen LogP contribution in [-0.2, 0) is 9.84 Å². The van der Waals surface area contributed by atoms with Crippen LogP contribution in [0.15, 0.2) is 57.1 Å². The molecule has 1 atom stereocenters. The maximum Gasteiger partial charge on any atom is 0.240 e. The number of hydrogen-bond donors (Lipinski definition) is 2. The Labute approximate surface area is 135 Å². The van der Waals surface area contributed by atoms with Gasteiger partial charge in [0.2, 0.25) is 20.8 Å². The molecule has 0 spiro atoms. The summed E-state index contributed by atoms with van der Waals surface area (Å²) in [5.41, 5.74) is 0.224. The van der Waals surface area contributed by atoms with E-state index in [-0.39, 0.29) is 21.4 Å². The molecule has 0 amide bonds. The highest BCUT2D eigenvalue weighted by Gasteiger charge is 2.24. The van der Waals surface area contributed by atoms with Gasteiger partial charge in [0, 0.05) is 5.56 Å². The Morgan fingerprint density at radius 3 is 2.67 bits per heavy atom. The highest BCUT2D eigenvalue weighted by Crippen LogP contribution is 2.26. The molecule has 0 bridgehead atoms. The fourth-order valence-electron chi connectivity index (χ4n) is 1.94. The molecule has 124 valence electrons. The zero-order valence-electron chi connectivity index (χ0n) is 12.0. The number of tetrazole rings is 1. The van der Waals surface area contributed by atoms with Gasteiger partial charge in [0.25, 0.3) is 0 Å². The molecule has 24 heavy (non-hydrogen) atoms. The summed E-state index contributed by atoms with van der Waals surface area (Å²) in [6.07, 6.45) is 2.69. The summed E-state index contributed by atoms with van der Waals surface area (Å²) < 4.78 is 43.1. The minimum absolute atomic E-state index is 0.0395. The van der Waals surface area contributed by atoms with Crippen molar-refractivity contribution in [3.63, 3.8) is 0 Å². The van der Waals surface area contributed by atoms with Gasteiger partial charge in [0.15, 0.2) is 0 Å². The van der Waals surface area contributed by atoms with Gasteiger partial charge in [-0.05, 0) is 36.4 Å². The van der Waals surface area contributed by atoms with E-state index in [4.69, 9.17) is 4.42 Å². The van der Waals surface area contributed by atoms with E-state index in [1.54, 1.807) is 0 Å². The summed E-state index contributed by atoms with van der Waals surface area (Å²) in [4.78, 5) is -0.104. The van der Waals surface area contributed by atoms with Crippen LogP contribution in [0.3, 0.4) is 0 Å². The lowest BCUT2D eigenvalue weighted by Crippen LogP contribution is -2.02. The fraction of sp³-hybridized carbons (Fsp3) is 0.0714. The zero-order valence-corrected chi connectivity index (χ0v) is 12.8. The fourth-order valence-corrected chi connectivity index (χ4v) is 3.28. The molecular formula is C14H11FN4O4S. The van der Waals surface area contributed by atoms with E-state index in [9.17, 15) is 17.9 Å². The van der Waals surface area contributed by atoms with Crippen LogP contribution in [0.25, 0.3) is 6.08 Å². The van der Waals surface area contributed by atoms with Crippen molar-refractivity contribution in [1.29, 1.82) is 0 Å². The van der Waals surface area contributed by atoms with Crippen LogP contribution in [-0.4, -0.2) is 34.1 Å². The third kappa shape index (κ3) is 3.09. The first-order valence-electron chi connectivity index (χ1n) is 6.66. The number of hydrogen-bond acceptors (Lipinski definition) is 7. The summed E-state index contributed by atoms with van der Waals surface area (Å²) >= 11 is 0. The summed E-state index contributed by atoms with van der Waals surface area (Å²) in [6.45, 7) is 0. The number of nitrogens with zero attached hydrogens (tertiary/aromatic N) is 3. The van der Waals surface area contributed by atoms with Crippen LogP contribution >= 0.6 is 0 Å². The maximum atomic E-state index is 13.0. The molecule has 0 aliphatic carbocycles. The Morgan fingerprint density at radius 1 is 1.25 bits per heavy atom. The molecule has 8 nitrogen and oxygen atoms in total. The minimum Gasteiger partial charge on any atom is -0.452 e. The van der Waals surface area contributed by atoms with E-state index in [1.165, 1.54) is 24.5 Å². The number of aromatic amines is 1. The Morgan fingerprint density at radius 2 is 2.00 bits per heavy atom. The van der Waals surface area contributed by atoms with Crippen LogP contribution in [0, 0.1) is 5.82 Å². The standard InChI is InChI=1S/C14H11FN4O4S/c15-10-2-4-11(5-3-10)24(21,22)14-9(7-8-23-14)1-6-12(20)13-16-18-19-17-13/h1-8,12,20H,(H,16,17,18,19). The molecule has 2 N–H and O–H groups in total. The van der Waals surface area contributed by atoms with Crippen LogP contribution in [0.4, 0.5) is 4.39 Å². The molecule has 0 aliphatic heterocycles. The number of rotatable bonds is 5. The van der Waals surface area contributed by atoms with Crippen molar-refractivity contribution in [2.75, 3.05) is 0 Å². The van der Waals surface area contributed by atoms with E-state index < -0.39 is 21.8 Å². The number of halogens is 1. The summed E-state index contributed by atoms with van der Waals surface area (Å²) in [6, 6.07) is 5.82.